The van der Waals surface area contributed by atoms with Gasteiger partial charge in [0.1, 0.15) is 5.25 Å². The molecular formula is C9H14O2S. The van der Waals surface area contributed by atoms with Crippen LogP contribution in [0.15, 0.2) is 0 Å². The molecule has 0 aromatic heterocycles. The molecule has 0 radical (unpaired) electrons. The number of carboxylic acid groups (broad SMARTS) is 1. The zero-order chi connectivity index (χ0) is 8.55. The topological polar surface area (TPSA) is 37.3 Å². The second-order valence-corrected chi connectivity index (χ2v) is 4.98. The molecule has 68 valence electrons. The lowest BCUT2D eigenvalue weighted by Crippen LogP contribution is -2.28. The third-order valence-corrected chi connectivity index (χ3v) is 4.62. The zero-order valence-electron chi connectivity index (χ0n) is 7.03. The van der Waals surface area contributed by atoms with E-state index in [1.807, 2.05) is 0 Å². The van der Waals surface area contributed by atoms with E-state index in [2.05, 4.69) is 0 Å². The molecule has 3 heteroatoms. The molecule has 0 bridgehead atoms. The Hall–Kier alpha value is -0.180. The van der Waals surface area contributed by atoms with Crippen LogP contribution in [0.2, 0.25) is 0 Å². The number of fused-ring (bicyclic) bond motifs is 1. The van der Waals surface area contributed by atoms with E-state index in [4.69, 9.17) is 5.11 Å². The second-order valence-electron chi connectivity index (χ2n) is 3.80. The van der Waals surface area contributed by atoms with Gasteiger partial charge in [-0.3, -0.25) is 4.79 Å². The SMILES string of the molecule is O=C(O)[C@H]1SC[C@H]2CCCC[C@@H]21. The third-order valence-electron chi connectivity index (χ3n) is 3.09. The van der Waals surface area contributed by atoms with Crippen LogP contribution in [0.5, 0.6) is 0 Å². The molecule has 2 aliphatic rings. The number of hydrogen-bond donors (Lipinski definition) is 1. The summed E-state index contributed by atoms with van der Waals surface area (Å²) >= 11 is 1.66. The molecule has 12 heavy (non-hydrogen) atoms. The minimum atomic E-state index is -0.589. The Morgan fingerprint density at radius 1 is 1.33 bits per heavy atom. The van der Waals surface area contributed by atoms with E-state index in [1.165, 1.54) is 19.3 Å². The number of carboxylic acids is 1. The van der Waals surface area contributed by atoms with E-state index in [1.54, 1.807) is 11.8 Å². The van der Waals surface area contributed by atoms with Gasteiger partial charge in [0.15, 0.2) is 0 Å². The lowest BCUT2D eigenvalue weighted by Gasteiger charge is -2.26. The smallest absolute Gasteiger partial charge is 0.316 e. The highest BCUT2D eigenvalue weighted by Crippen LogP contribution is 2.45. The first-order chi connectivity index (χ1) is 5.79. The van der Waals surface area contributed by atoms with Gasteiger partial charge >= 0.3 is 5.97 Å². The number of aliphatic carboxylic acids is 1. The fourth-order valence-electron chi connectivity index (χ4n) is 2.45. The van der Waals surface area contributed by atoms with Gasteiger partial charge in [0.05, 0.1) is 0 Å². The summed E-state index contributed by atoms with van der Waals surface area (Å²) in [5.41, 5.74) is 0. The van der Waals surface area contributed by atoms with Gasteiger partial charge in [-0.25, -0.2) is 0 Å². The molecule has 2 rings (SSSR count). The van der Waals surface area contributed by atoms with E-state index in [-0.39, 0.29) is 5.25 Å². The first kappa shape index (κ1) is 8.42. The van der Waals surface area contributed by atoms with E-state index < -0.39 is 5.97 Å². The molecule has 0 aromatic rings. The molecule has 3 atom stereocenters. The van der Waals surface area contributed by atoms with Crippen LogP contribution in [-0.4, -0.2) is 22.1 Å². The normalized spacial score (nSPS) is 40.8. The number of hydrogen-bond acceptors (Lipinski definition) is 2. The quantitative estimate of drug-likeness (QED) is 0.680. The summed E-state index contributed by atoms with van der Waals surface area (Å²) in [4.78, 5) is 10.8. The van der Waals surface area contributed by atoms with Crippen molar-refractivity contribution >= 4 is 17.7 Å². The summed E-state index contributed by atoms with van der Waals surface area (Å²) in [5, 5.41) is 8.84. The monoisotopic (exact) mass is 186 g/mol. The molecular weight excluding hydrogens is 172 g/mol. The summed E-state index contributed by atoms with van der Waals surface area (Å²) in [6.45, 7) is 0. The summed E-state index contributed by atoms with van der Waals surface area (Å²) in [5.74, 6) is 1.70. The molecule has 0 aromatic carbocycles. The Kier molecular flexibility index (Phi) is 2.31. The third kappa shape index (κ3) is 1.35. The van der Waals surface area contributed by atoms with Crippen molar-refractivity contribution < 1.29 is 9.90 Å². The zero-order valence-corrected chi connectivity index (χ0v) is 7.85. The first-order valence-corrected chi connectivity index (χ1v) is 5.68. The molecule has 2 fully saturated rings. The molecule has 1 heterocycles. The number of rotatable bonds is 1. The van der Waals surface area contributed by atoms with Crippen molar-refractivity contribution in [3.63, 3.8) is 0 Å². The summed E-state index contributed by atoms with van der Waals surface area (Å²) in [6, 6.07) is 0. The van der Waals surface area contributed by atoms with Gasteiger partial charge in [0.25, 0.3) is 0 Å². The summed E-state index contributed by atoms with van der Waals surface area (Å²) in [6.07, 6.45) is 4.97. The van der Waals surface area contributed by atoms with E-state index in [0.717, 1.165) is 12.2 Å². The van der Waals surface area contributed by atoms with Crippen molar-refractivity contribution in [3.8, 4) is 0 Å². The van der Waals surface area contributed by atoms with Crippen LogP contribution in [0.25, 0.3) is 0 Å². The Labute approximate surface area is 76.7 Å². The molecule has 0 spiro atoms. The van der Waals surface area contributed by atoms with Gasteiger partial charge in [-0.1, -0.05) is 12.8 Å². The van der Waals surface area contributed by atoms with E-state index in [0.29, 0.717) is 11.8 Å². The summed E-state index contributed by atoms with van der Waals surface area (Å²) < 4.78 is 0. The molecule has 0 amide bonds. The van der Waals surface area contributed by atoms with Crippen molar-refractivity contribution in [3.05, 3.63) is 0 Å². The highest BCUT2D eigenvalue weighted by molar-refractivity contribution is 8.00. The number of carbonyl (C=O) groups is 1. The van der Waals surface area contributed by atoms with Crippen molar-refractivity contribution in [2.75, 3.05) is 5.75 Å². The molecule has 1 N–H and O–H groups in total. The predicted molar refractivity (Wildman–Crippen MR) is 49.3 cm³/mol. The molecule has 2 nitrogen and oxygen atoms in total. The Morgan fingerprint density at radius 2 is 2.08 bits per heavy atom. The number of thioether (sulfide) groups is 1. The van der Waals surface area contributed by atoms with Crippen LogP contribution in [0.3, 0.4) is 0 Å². The minimum Gasteiger partial charge on any atom is -0.480 e. The van der Waals surface area contributed by atoms with Crippen LogP contribution in [-0.2, 0) is 4.79 Å². The molecule has 1 saturated carbocycles. The maximum Gasteiger partial charge on any atom is 0.316 e. The van der Waals surface area contributed by atoms with Crippen LogP contribution in [0.1, 0.15) is 25.7 Å². The Balaban J connectivity index is 2.05. The maximum absolute atomic E-state index is 10.8. The van der Waals surface area contributed by atoms with Crippen molar-refractivity contribution in [2.45, 2.75) is 30.9 Å². The van der Waals surface area contributed by atoms with Crippen molar-refractivity contribution in [1.29, 1.82) is 0 Å². The van der Waals surface area contributed by atoms with Gasteiger partial charge in [-0.15, -0.1) is 11.8 Å². The molecule has 1 aliphatic carbocycles. The molecule has 1 aliphatic heterocycles. The van der Waals surface area contributed by atoms with Crippen LogP contribution >= 0.6 is 11.8 Å². The van der Waals surface area contributed by atoms with Crippen molar-refractivity contribution in [2.24, 2.45) is 11.8 Å². The average molecular weight is 186 g/mol. The van der Waals surface area contributed by atoms with Crippen LogP contribution < -0.4 is 0 Å². The lowest BCUT2D eigenvalue weighted by atomic mass is 9.79. The highest BCUT2D eigenvalue weighted by atomic mass is 32.2. The lowest BCUT2D eigenvalue weighted by molar-refractivity contribution is -0.137. The largest absolute Gasteiger partial charge is 0.480 e. The van der Waals surface area contributed by atoms with Crippen LogP contribution in [0.4, 0.5) is 0 Å². The van der Waals surface area contributed by atoms with Gasteiger partial charge in [-0.2, -0.15) is 0 Å². The molecule has 1 saturated heterocycles. The Bertz CT molecular complexity index is 193. The van der Waals surface area contributed by atoms with Gasteiger partial charge in [-0.05, 0) is 30.4 Å². The first-order valence-electron chi connectivity index (χ1n) is 4.63. The Morgan fingerprint density at radius 3 is 2.83 bits per heavy atom. The highest BCUT2D eigenvalue weighted by Gasteiger charge is 2.41. The fraction of sp³-hybridized carbons (Fsp3) is 0.889. The fourth-order valence-corrected chi connectivity index (χ4v) is 4.06. The standard InChI is InChI=1S/C9H14O2S/c10-9(11)8-7-4-2-1-3-6(7)5-12-8/h6-8H,1-5H2,(H,10,11)/t6-,7+,8+/m1/s1. The van der Waals surface area contributed by atoms with E-state index in [9.17, 15) is 4.79 Å². The van der Waals surface area contributed by atoms with Gasteiger partial charge in [0.2, 0.25) is 0 Å². The van der Waals surface area contributed by atoms with Gasteiger partial charge in [0, 0.05) is 0 Å². The predicted octanol–water partition coefficient (Wildman–Crippen LogP) is 1.99. The van der Waals surface area contributed by atoms with Gasteiger partial charge < -0.3 is 5.11 Å². The van der Waals surface area contributed by atoms with Crippen LogP contribution in [0, 0.1) is 11.8 Å². The molecule has 0 unspecified atom stereocenters. The maximum atomic E-state index is 10.8. The van der Waals surface area contributed by atoms with E-state index >= 15 is 0 Å². The average Bonchev–Trinajstić information content (AvgIpc) is 2.47. The second kappa shape index (κ2) is 3.29. The summed E-state index contributed by atoms with van der Waals surface area (Å²) in [7, 11) is 0. The minimum absolute atomic E-state index is 0.0877. The van der Waals surface area contributed by atoms with Crippen molar-refractivity contribution in [1.82, 2.24) is 0 Å².